The molecule has 3 rings (SSSR count). The number of aliphatic hydroxyl groups is 1. The fraction of sp³-hybridized carbons (Fsp3) is 0.767. The van der Waals surface area contributed by atoms with Gasteiger partial charge in [0.05, 0.1) is 18.6 Å². The lowest BCUT2D eigenvalue weighted by molar-refractivity contribution is -0.144. The molecule has 204 valence electrons. The lowest BCUT2D eigenvalue weighted by Crippen LogP contribution is -2.31. The van der Waals surface area contributed by atoms with Crippen LogP contribution in [0.4, 0.5) is 8.78 Å². The lowest BCUT2D eigenvalue weighted by Gasteiger charge is -2.34. The zero-order valence-corrected chi connectivity index (χ0v) is 22.2. The maximum Gasteiger partial charge on any atom is 0.306 e. The molecule has 1 aromatic carbocycles. The van der Waals surface area contributed by atoms with Crippen LogP contribution in [0.3, 0.4) is 0 Å². The molecule has 0 amide bonds. The predicted octanol–water partition coefficient (Wildman–Crippen LogP) is 7.87. The van der Waals surface area contributed by atoms with Crippen molar-refractivity contribution in [1.29, 1.82) is 0 Å². The van der Waals surface area contributed by atoms with Crippen LogP contribution in [0.5, 0.6) is 5.75 Å². The Kier molecular flexibility index (Phi) is 11.5. The van der Waals surface area contributed by atoms with Crippen molar-refractivity contribution in [3.8, 4) is 5.75 Å². The van der Waals surface area contributed by atoms with Gasteiger partial charge in [-0.15, -0.1) is 0 Å². The minimum Gasteiger partial charge on any atom is -0.491 e. The Hall–Kier alpha value is -1.69. The van der Waals surface area contributed by atoms with E-state index in [1.54, 1.807) is 13.0 Å². The highest BCUT2D eigenvalue weighted by Gasteiger charge is 2.35. The van der Waals surface area contributed by atoms with Gasteiger partial charge in [-0.25, -0.2) is 4.39 Å². The molecule has 2 fully saturated rings. The Morgan fingerprint density at radius 2 is 1.61 bits per heavy atom. The quantitative estimate of drug-likeness (QED) is 0.266. The molecule has 0 heterocycles. The van der Waals surface area contributed by atoms with E-state index in [9.17, 15) is 23.8 Å². The highest BCUT2D eigenvalue weighted by atomic mass is 19.2. The van der Waals surface area contributed by atoms with E-state index in [0.29, 0.717) is 44.1 Å². The van der Waals surface area contributed by atoms with Gasteiger partial charge in [-0.3, -0.25) is 4.79 Å². The molecule has 2 aliphatic carbocycles. The average molecular weight is 509 g/mol. The zero-order chi connectivity index (χ0) is 26.1. The number of aliphatic carboxylic acids is 1. The summed E-state index contributed by atoms with van der Waals surface area (Å²) in [6.07, 6.45) is 12.8. The van der Waals surface area contributed by atoms with Gasteiger partial charge in [0.1, 0.15) is 0 Å². The van der Waals surface area contributed by atoms with Crippen molar-refractivity contribution in [2.75, 3.05) is 6.61 Å². The molecule has 1 aromatic rings. The van der Waals surface area contributed by atoms with Gasteiger partial charge >= 0.3 is 5.97 Å². The topological polar surface area (TPSA) is 66.8 Å². The molecule has 2 N–H and O–H groups in total. The van der Waals surface area contributed by atoms with Crippen LogP contribution in [0.2, 0.25) is 0 Å². The SMILES string of the molecule is CCCCCC1CCC(C(O)CCC(C(=O)O)C2CCC(c3ccc(OCC)c(F)c3F)CC2)CC1. The summed E-state index contributed by atoms with van der Waals surface area (Å²) in [5.41, 5.74) is 0.363. The monoisotopic (exact) mass is 508 g/mol. The normalized spacial score (nSPS) is 26.4. The van der Waals surface area contributed by atoms with Gasteiger partial charge < -0.3 is 14.9 Å². The third kappa shape index (κ3) is 7.66. The Balaban J connectivity index is 1.47. The maximum atomic E-state index is 14.7. The highest BCUT2D eigenvalue weighted by molar-refractivity contribution is 5.70. The summed E-state index contributed by atoms with van der Waals surface area (Å²) in [6.45, 7) is 4.23. The molecule has 6 heteroatoms. The summed E-state index contributed by atoms with van der Waals surface area (Å²) in [7, 11) is 0. The molecular weight excluding hydrogens is 462 g/mol. The van der Waals surface area contributed by atoms with Crippen molar-refractivity contribution < 1.29 is 28.5 Å². The number of rotatable bonds is 13. The number of carboxylic acids is 1. The average Bonchev–Trinajstić information content (AvgIpc) is 2.88. The van der Waals surface area contributed by atoms with Crippen molar-refractivity contribution in [2.24, 2.45) is 23.7 Å². The number of benzene rings is 1. The second-order valence-electron chi connectivity index (χ2n) is 11.2. The van der Waals surface area contributed by atoms with Crippen molar-refractivity contribution in [3.63, 3.8) is 0 Å². The molecule has 0 bridgehead atoms. The van der Waals surface area contributed by atoms with Crippen LogP contribution in [0.1, 0.15) is 115 Å². The highest BCUT2D eigenvalue weighted by Crippen LogP contribution is 2.42. The maximum absolute atomic E-state index is 14.7. The van der Waals surface area contributed by atoms with E-state index >= 15 is 0 Å². The molecule has 0 spiro atoms. The molecule has 4 nitrogen and oxygen atoms in total. The lowest BCUT2D eigenvalue weighted by atomic mass is 9.71. The van der Waals surface area contributed by atoms with Crippen molar-refractivity contribution in [2.45, 2.75) is 116 Å². The third-order valence-corrected chi connectivity index (χ3v) is 8.90. The Bertz CT molecular complexity index is 813. The van der Waals surface area contributed by atoms with Crippen LogP contribution < -0.4 is 4.74 Å². The largest absolute Gasteiger partial charge is 0.491 e. The number of carboxylic acid groups (broad SMARTS) is 1. The molecule has 36 heavy (non-hydrogen) atoms. The van der Waals surface area contributed by atoms with Gasteiger partial charge in [0.2, 0.25) is 5.82 Å². The summed E-state index contributed by atoms with van der Waals surface area (Å²) in [5.74, 6) is -2.18. The minimum absolute atomic E-state index is 0.0101. The molecule has 2 atom stereocenters. The van der Waals surface area contributed by atoms with Crippen molar-refractivity contribution in [3.05, 3.63) is 29.3 Å². The second kappa shape index (κ2) is 14.3. The van der Waals surface area contributed by atoms with Gasteiger partial charge in [0, 0.05) is 0 Å². The van der Waals surface area contributed by atoms with Gasteiger partial charge in [-0.05, 0) is 93.6 Å². The fourth-order valence-corrected chi connectivity index (χ4v) is 6.65. The first-order valence-electron chi connectivity index (χ1n) is 14.4. The van der Waals surface area contributed by atoms with E-state index < -0.39 is 29.6 Å². The molecule has 2 unspecified atom stereocenters. The Labute approximate surface area is 215 Å². The van der Waals surface area contributed by atoms with E-state index in [1.807, 2.05) is 0 Å². The van der Waals surface area contributed by atoms with E-state index in [1.165, 1.54) is 44.6 Å². The Morgan fingerprint density at radius 1 is 0.944 bits per heavy atom. The molecule has 0 saturated heterocycles. The predicted molar refractivity (Wildman–Crippen MR) is 138 cm³/mol. The molecule has 0 aliphatic heterocycles. The van der Waals surface area contributed by atoms with Gasteiger partial charge in [-0.1, -0.05) is 51.5 Å². The van der Waals surface area contributed by atoms with E-state index in [2.05, 4.69) is 6.92 Å². The number of aliphatic hydroxyl groups excluding tert-OH is 1. The van der Waals surface area contributed by atoms with Crippen LogP contribution in [0.15, 0.2) is 12.1 Å². The summed E-state index contributed by atoms with van der Waals surface area (Å²) in [5, 5.41) is 20.8. The Morgan fingerprint density at radius 3 is 2.22 bits per heavy atom. The number of carbonyl (C=O) groups is 1. The van der Waals surface area contributed by atoms with E-state index in [4.69, 9.17) is 4.74 Å². The summed E-state index contributed by atoms with van der Waals surface area (Å²) < 4.78 is 34.1. The standard InChI is InChI=1S/C30H46F2O4/c1-3-5-6-7-20-8-10-23(11-9-20)26(33)18-16-25(30(34)35)22-14-12-21(13-15-22)24-17-19-27(36-4-2)29(32)28(24)31/h17,19-23,25-26,33H,3-16,18H2,1-2H3,(H,34,35). The van der Waals surface area contributed by atoms with Crippen molar-refractivity contribution in [1.82, 2.24) is 0 Å². The van der Waals surface area contributed by atoms with Crippen molar-refractivity contribution >= 4 is 5.97 Å². The van der Waals surface area contributed by atoms with Crippen LogP contribution in [0, 0.1) is 35.3 Å². The third-order valence-electron chi connectivity index (χ3n) is 8.90. The first-order chi connectivity index (χ1) is 17.3. The fourth-order valence-electron chi connectivity index (χ4n) is 6.65. The van der Waals surface area contributed by atoms with Crippen LogP contribution in [-0.2, 0) is 4.79 Å². The van der Waals surface area contributed by atoms with Gasteiger partial charge in [0.25, 0.3) is 0 Å². The van der Waals surface area contributed by atoms with Crippen LogP contribution in [0.25, 0.3) is 0 Å². The number of ether oxygens (including phenoxy) is 1. The summed E-state index contributed by atoms with van der Waals surface area (Å²) in [6, 6.07) is 3.10. The first kappa shape index (κ1) is 28.9. The zero-order valence-electron chi connectivity index (χ0n) is 22.2. The van der Waals surface area contributed by atoms with E-state index in [-0.39, 0.29) is 30.1 Å². The van der Waals surface area contributed by atoms with Crippen LogP contribution >= 0.6 is 0 Å². The molecule has 2 aliphatic rings. The van der Waals surface area contributed by atoms with Crippen LogP contribution in [-0.4, -0.2) is 28.9 Å². The van der Waals surface area contributed by atoms with E-state index in [0.717, 1.165) is 18.8 Å². The smallest absolute Gasteiger partial charge is 0.306 e. The second-order valence-corrected chi connectivity index (χ2v) is 11.2. The first-order valence-corrected chi connectivity index (χ1v) is 14.4. The molecule has 2 saturated carbocycles. The number of hydrogen-bond donors (Lipinski definition) is 2. The number of halogens is 2. The molecular formula is C30H46F2O4. The molecule has 0 radical (unpaired) electrons. The van der Waals surface area contributed by atoms with Gasteiger partial charge in [-0.2, -0.15) is 4.39 Å². The summed E-state index contributed by atoms with van der Waals surface area (Å²) in [4.78, 5) is 12.1. The molecule has 0 aromatic heterocycles. The number of unbranched alkanes of at least 4 members (excludes halogenated alkanes) is 2. The minimum atomic E-state index is -0.941. The number of hydrogen-bond acceptors (Lipinski definition) is 3. The summed E-state index contributed by atoms with van der Waals surface area (Å²) >= 11 is 0. The van der Waals surface area contributed by atoms with Gasteiger partial charge in [0.15, 0.2) is 11.6 Å².